The molecule has 4 nitrogen and oxygen atoms in total. The normalized spacial score (nSPS) is 12.0. The van der Waals surface area contributed by atoms with Crippen LogP contribution in [0.15, 0.2) is 48.5 Å². The molecule has 0 spiro atoms. The SMILES string of the molecule is CN(C)C(CNC(=O)CCCC(=O)c1ccc(F)cc1)c1ccccc1Cl. The maximum atomic E-state index is 12.9. The molecule has 2 rings (SSSR count). The highest BCUT2D eigenvalue weighted by Crippen LogP contribution is 2.25. The fourth-order valence-electron chi connectivity index (χ4n) is 2.80. The number of hydrogen-bond acceptors (Lipinski definition) is 3. The number of likely N-dealkylation sites (N-methyl/N-ethyl adjacent to an activating group) is 1. The van der Waals surface area contributed by atoms with Crippen molar-refractivity contribution in [3.05, 3.63) is 70.5 Å². The highest BCUT2D eigenvalue weighted by Gasteiger charge is 2.17. The Morgan fingerprint density at radius 1 is 1.07 bits per heavy atom. The lowest BCUT2D eigenvalue weighted by Crippen LogP contribution is -2.34. The molecule has 1 amide bonds. The number of ketones is 1. The maximum absolute atomic E-state index is 12.9. The van der Waals surface area contributed by atoms with Gasteiger partial charge < -0.3 is 10.2 Å². The van der Waals surface area contributed by atoms with Gasteiger partial charge in [0.2, 0.25) is 5.91 Å². The van der Waals surface area contributed by atoms with E-state index >= 15 is 0 Å². The van der Waals surface area contributed by atoms with Crippen molar-refractivity contribution in [1.29, 1.82) is 0 Å². The van der Waals surface area contributed by atoms with Gasteiger partial charge in [0, 0.05) is 30.0 Å². The second-order valence-corrected chi connectivity index (χ2v) is 7.00. The Balaban J connectivity index is 1.80. The molecule has 1 unspecified atom stereocenters. The topological polar surface area (TPSA) is 49.4 Å². The Kier molecular flexibility index (Phi) is 7.95. The molecule has 27 heavy (non-hydrogen) atoms. The van der Waals surface area contributed by atoms with Crippen molar-refractivity contribution in [1.82, 2.24) is 10.2 Å². The van der Waals surface area contributed by atoms with Crippen LogP contribution in [0.5, 0.6) is 0 Å². The molecule has 1 N–H and O–H groups in total. The van der Waals surface area contributed by atoms with Crippen molar-refractivity contribution in [2.75, 3.05) is 20.6 Å². The van der Waals surface area contributed by atoms with E-state index in [4.69, 9.17) is 11.6 Å². The highest BCUT2D eigenvalue weighted by molar-refractivity contribution is 6.31. The largest absolute Gasteiger partial charge is 0.354 e. The first-order chi connectivity index (χ1) is 12.9. The molecule has 0 radical (unpaired) electrons. The fourth-order valence-corrected chi connectivity index (χ4v) is 3.07. The van der Waals surface area contributed by atoms with Crippen LogP contribution >= 0.6 is 11.6 Å². The smallest absolute Gasteiger partial charge is 0.220 e. The second kappa shape index (κ2) is 10.2. The summed E-state index contributed by atoms with van der Waals surface area (Å²) in [5.41, 5.74) is 1.42. The number of rotatable bonds is 9. The molecule has 2 aromatic carbocycles. The maximum Gasteiger partial charge on any atom is 0.220 e. The van der Waals surface area contributed by atoms with E-state index in [1.54, 1.807) is 0 Å². The van der Waals surface area contributed by atoms with E-state index in [2.05, 4.69) is 5.32 Å². The van der Waals surface area contributed by atoms with Gasteiger partial charge in [0.1, 0.15) is 5.82 Å². The average Bonchev–Trinajstić information content (AvgIpc) is 2.63. The number of carbonyl (C=O) groups is 2. The highest BCUT2D eigenvalue weighted by atomic mass is 35.5. The third-order valence-electron chi connectivity index (χ3n) is 4.35. The van der Waals surface area contributed by atoms with Crippen LogP contribution in [0.4, 0.5) is 4.39 Å². The van der Waals surface area contributed by atoms with Gasteiger partial charge in [-0.25, -0.2) is 4.39 Å². The molecular weight excluding hydrogens is 367 g/mol. The zero-order valence-corrected chi connectivity index (χ0v) is 16.3. The molecule has 6 heteroatoms. The minimum Gasteiger partial charge on any atom is -0.354 e. The first kappa shape index (κ1) is 21.1. The molecule has 0 aliphatic rings. The van der Waals surface area contributed by atoms with Crippen molar-refractivity contribution in [2.24, 2.45) is 0 Å². The van der Waals surface area contributed by atoms with E-state index in [0.29, 0.717) is 23.6 Å². The summed E-state index contributed by atoms with van der Waals surface area (Å²) in [5, 5.41) is 3.57. The van der Waals surface area contributed by atoms with Gasteiger partial charge in [-0.1, -0.05) is 29.8 Å². The monoisotopic (exact) mass is 390 g/mol. The fraction of sp³-hybridized carbons (Fsp3) is 0.333. The summed E-state index contributed by atoms with van der Waals surface area (Å²) in [6.07, 6.45) is 0.955. The van der Waals surface area contributed by atoms with Gasteiger partial charge in [-0.2, -0.15) is 0 Å². The summed E-state index contributed by atoms with van der Waals surface area (Å²) in [7, 11) is 3.86. The molecule has 0 fully saturated rings. The predicted octanol–water partition coefficient (Wildman–Crippen LogP) is 4.25. The zero-order chi connectivity index (χ0) is 19.8. The molecule has 0 aliphatic carbocycles. The summed E-state index contributed by atoms with van der Waals surface area (Å²) in [6.45, 7) is 0.432. The number of carbonyl (C=O) groups excluding carboxylic acids is 2. The molecule has 1 atom stereocenters. The lowest BCUT2D eigenvalue weighted by Gasteiger charge is -2.26. The van der Waals surface area contributed by atoms with Gasteiger partial charge in [-0.3, -0.25) is 9.59 Å². The Hall–Kier alpha value is -2.24. The van der Waals surface area contributed by atoms with Crippen molar-refractivity contribution in [3.63, 3.8) is 0 Å². The summed E-state index contributed by atoms with van der Waals surface area (Å²) in [4.78, 5) is 26.2. The summed E-state index contributed by atoms with van der Waals surface area (Å²) in [6, 6.07) is 13.0. The van der Waals surface area contributed by atoms with Gasteiger partial charge in [0.15, 0.2) is 5.78 Å². The summed E-state index contributed by atoms with van der Waals surface area (Å²) < 4.78 is 12.9. The third-order valence-corrected chi connectivity index (χ3v) is 4.70. The molecule has 0 aliphatic heterocycles. The summed E-state index contributed by atoms with van der Waals surface area (Å²) in [5.74, 6) is -0.578. The number of Topliss-reactive ketones (excluding diaryl/α,β-unsaturated/α-hetero) is 1. The number of benzene rings is 2. The molecule has 0 aromatic heterocycles. The van der Waals surface area contributed by atoms with Crippen molar-refractivity contribution in [2.45, 2.75) is 25.3 Å². The number of halogens is 2. The number of nitrogens with one attached hydrogen (secondary N) is 1. The van der Waals surface area contributed by atoms with Gasteiger partial charge in [0.05, 0.1) is 6.04 Å². The molecule has 0 bridgehead atoms. The number of amides is 1. The Labute approximate surface area is 164 Å². The minimum absolute atomic E-state index is 0.0384. The minimum atomic E-state index is -0.375. The first-order valence-corrected chi connectivity index (χ1v) is 9.22. The predicted molar refractivity (Wildman–Crippen MR) is 105 cm³/mol. The van der Waals surface area contributed by atoms with Crippen molar-refractivity contribution in [3.8, 4) is 0 Å². The van der Waals surface area contributed by atoms with Crippen molar-refractivity contribution < 1.29 is 14.0 Å². The van der Waals surface area contributed by atoms with E-state index in [1.165, 1.54) is 24.3 Å². The van der Waals surface area contributed by atoms with Crippen LogP contribution in [0.25, 0.3) is 0 Å². The molecule has 0 saturated carbocycles. The zero-order valence-electron chi connectivity index (χ0n) is 15.5. The van der Waals surface area contributed by atoms with Gasteiger partial charge in [-0.15, -0.1) is 0 Å². The Bertz CT molecular complexity index is 778. The van der Waals surface area contributed by atoms with E-state index in [9.17, 15) is 14.0 Å². The van der Waals surface area contributed by atoms with Crippen LogP contribution in [0.3, 0.4) is 0 Å². The first-order valence-electron chi connectivity index (χ1n) is 8.85. The van der Waals surface area contributed by atoms with Crippen molar-refractivity contribution >= 4 is 23.3 Å². The number of hydrogen-bond donors (Lipinski definition) is 1. The molecular formula is C21H24ClFN2O2. The quantitative estimate of drug-likeness (QED) is 0.651. The van der Waals surface area contributed by atoms with Crippen LogP contribution in [-0.4, -0.2) is 37.2 Å². The van der Waals surface area contributed by atoms with E-state index in [1.807, 2.05) is 43.3 Å². The second-order valence-electron chi connectivity index (χ2n) is 6.59. The number of nitrogens with zero attached hydrogens (tertiary/aromatic N) is 1. The molecule has 0 heterocycles. The van der Waals surface area contributed by atoms with Crippen LogP contribution in [-0.2, 0) is 4.79 Å². The van der Waals surface area contributed by atoms with Gasteiger partial charge >= 0.3 is 0 Å². The average molecular weight is 391 g/mol. The van der Waals surface area contributed by atoms with Crippen LogP contribution in [0, 0.1) is 5.82 Å². The van der Waals surface area contributed by atoms with E-state index < -0.39 is 0 Å². The third kappa shape index (κ3) is 6.45. The van der Waals surface area contributed by atoms with Crippen LogP contribution in [0.1, 0.15) is 41.2 Å². The van der Waals surface area contributed by atoms with Crippen LogP contribution < -0.4 is 5.32 Å². The molecule has 0 saturated heterocycles. The van der Waals surface area contributed by atoms with E-state index in [-0.39, 0.29) is 36.4 Å². The summed E-state index contributed by atoms with van der Waals surface area (Å²) >= 11 is 6.26. The van der Waals surface area contributed by atoms with E-state index in [0.717, 1.165) is 5.56 Å². The lowest BCUT2D eigenvalue weighted by atomic mass is 10.0. The standard InChI is InChI=1S/C21H24ClFN2O2/c1-25(2)19(17-6-3-4-7-18(17)22)14-24-21(27)9-5-8-20(26)15-10-12-16(23)13-11-15/h3-4,6-7,10-13,19H,5,8-9,14H2,1-2H3,(H,24,27). The van der Waals surface area contributed by atoms with Gasteiger partial charge in [-0.05, 0) is 56.4 Å². The lowest BCUT2D eigenvalue weighted by molar-refractivity contribution is -0.121. The van der Waals surface area contributed by atoms with Gasteiger partial charge in [0.25, 0.3) is 0 Å². The molecule has 2 aromatic rings. The Morgan fingerprint density at radius 2 is 1.74 bits per heavy atom. The van der Waals surface area contributed by atoms with Crippen LogP contribution in [0.2, 0.25) is 5.02 Å². The molecule has 144 valence electrons. The Morgan fingerprint density at radius 3 is 2.37 bits per heavy atom.